The highest BCUT2D eigenvalue weighted by atomic mass is 16.4. The topological polar surface area (TPSA) is 77.2 Å². The van der Waals surface area contributed by atoms with E-state index in [1.54, 1.807) is 6.07 Å². The van der Waals surface area contributed by atoms with Gasteiger partial charge in [-0.25, -0.2) is 9.78 Å². The van der Waals surface area contributed by atoms with Gasteiger partial charge in [0.25, 0.3) is 0 Å². The summed E-state index contributed by atoms with van der Waals surface area (Å²) in [6.45, 7) is 3.54. The molecule has 0 bridgehead atoms. The number of hydrogen-bond acceptors (Lipinski definition) is 4. The fourth-order valence-corrected chi connectivity index (χ4v) is 4.03. The number of aromatic nitrogens is 1. The molecule has 0 unspecified atom stereocenters. The Morgan fingerprint density at radius 3 is 2.50 bits per heavy atom. The summed E-state index contributed by atoms with van der Waals surface area (Å²) in [6, 6.07) is 15.3. The van der Waals surface area contributed by atoms with E-state index < -0.39 is 5.97 Å². The van der Waals surface area contributed by atoms with Gasteiger partial charge in [0.2, 0.25) is 0 Å². The van der Waals surface area contributed by atoms with Crippen LogP contribution in [0.5, 0.6) is 0 Å². The van der Waals surface area contributed by atoms with Gasteiger partial charge in [-0.1, -0.05) is 30.3 Å². The number of fused-ring (bicyclic) bond motifs is 1. The standard InChI is InChI=1S/C23H21N3O2/c1-15-12-16(14-24)13-18-19(17-8-4-2-5-9-17)20(23(27)28)22(25-21(15)18)26-10-6-3-7-11-26/h2,4-5,8-9,12-13H,3,6-7,10-11H2,1H3,(H,27,28). The molecule has 2 heterocycles. The second-order valence-corrected chi connectivity index (χ2v) is 7.21. The summed E-state index contributed by atoms with van der Waals surface area (Å²) in [5.74, 6) is -0.458. The highest BCUT2D eigenvalue weighted by Crippen LogP contribution is 2.38. The number of pyridine rings is 1. The summed E-state index contributed by atoms with van der Waals surface area (Å²) >= 11 is 0. The first-order valence-corrected chi connectivity index (χ1v) is 9.52. The average Bonchev–Trinajstić information content (AvgIpc) is 2.73. The Morgan fingerprint density at radius 2 is 1.86 bits per heavy atom. The van der Waals surface area contributed by atoms with Crippen molar-refractivity contribution in [1.29, 1.82) is 5.26 Å². The molecule has 1 aliphatic rings. The number of aryl methyl sites for hydroxylation is 1. The van der Waals surface area contributed by atoms with Crippen LogP contribution >= 0.6 is 0 Å². The van der Waals surface area contributed by atoms with E-state index in [0.717, 1.165) is 49.0 Å². The van der Waals surface area contributed by atoms with E-state index in [2.05, 4.69) is 11.0 Å². The predicted molar refractivity (Wildman–Crippen MR) is 110 cm³/mol. The number of hydrogen-bond donors (Lipinski definition) is 1. The minimum absolute atomic E-state index is 0.218. The minimum Gasteiger partial charge on any atom is -0.478 e. The fraction of sp³-hybridized carbons (Fsp3) is 0.261. The van der Waals surface area contributed by atoms with Gasteiger partial charge in [-0.3, -0.25) is 0 Å². The molecular weight excluding hydrogens is 350 g/mol. The van der Waals surface area contributed by atoms with E-state index in [-0.39, 0.29) is 5.56 Å². The van der Waals surface area contributed by atoms with Crippen molar-refractivity contribution in [2.24, 2.45) is 0 Å². The van der Waals surface area contributed by atoms with Crippen LogP contribution < -0.4 is 4.90 Å². The van der Waals surface area contributed by atoms with Crippen molar-refractivity contribution >= 4 is 22.7 Å². The Kier molecular flexibility index (Phi) is 4.70. The molecule has 3 aromatic rings. The molecule has 0 spiro atoms. The van der Waals surface area contributed by atoms with Gasteiger partial charge in [0.1, 0.15) is 11.4 Å². The largest absolute Gasteiger partial charge is 0.478 e. The van der Waals surface area contributed by atoms with Gasteiger partial charge in [0, 0.05) is 24.0 Å². The Hall–Kier alpha value is -3.39. The second-order valence-electron chi connectivity index (χ2n) is 7.21. The molecule has 0 radical (unpaired) electrons. The van der Waals surface area contributed by atoms with E-state index in [9.17, 15) is 15.2 Å². The summed E-state index contributed by atoms with van der Waals surface area (Å²) < 4.78 is 0. The normalized spacial score (nSPS) is 14.1. The van der Waals surface area contributed by atoms with Crippen LogP contribution in [0.1, 0.15) is 40.7 Å². The van der Waals surface area contributed by atoms with Crippen LogP contribution in [0.25, 0.3) is 22.0 Å². The fourth-order valence-electron chi connectivity index (χ4n) is 4.03. The molecule has 1 fully saturated rings. The van der Waals surface area contributed by atoms with Crippen LogP contribution in [0.4, 0.5) is 5.82 Å². The van der Waals surface area contributed by atoms with Crippen molar-refractivity contribution in [2.45, 2.75) is 26.2 Å². The van der Waals surface area contributed by atoms with Gasteiger partial charge in [0.15, 0.2) is 0 Å². The highest BCUT2D eigenvalue weighted by Gasteiger charge is 2.27. The Balaban J connectivity index is 2.13. The van der Waals surface area contributed by atoms with E-state index in [0.29, 0.717) is 22.3 Å². The predicted octanol–water partition coefficient (Wildman–Crippen LogP) is 4.77. The summed E-state index contributed by atoms with van der Waals surface area (Å²) in [6.07, 6.45) is 3.22. The number of carboxylic acids is 1. The minimum atomic E-state index is -0.992. The zero-order valence-electron chi connectivity index (χ0n) is 15.8. The first-order valence-electron chi connectivity index (χ1n) is 9.52. The van der Waals surface area contributed by atoms with Crippen molar-refractivity contribution in [1.82, 2.24) is 4.98 Å². The maximum absolute atomic E-state index is 12.4. The molecule has 1 saturated heterocycles. The number of benzene rings is 2. The van der Waals surface area contributed by atoms with E-state index >= 15 is 0 Å². The summed E-state index contributed by atoms with van der Waals surface area (Å²) in [7, 11) is 0. The molecule has 0 amide bonds. The molecule has 1 aromatic heterocycles. The van der Waals surface area contributed by atoms with Gasteiger partial charge in [-0.15, -0.1) is 0 Å². The number of anilines is 1. The van der Waals surface area contributed by atoms with Crippen molar-refractivity contribution < 1.29 is 9.90 Å². The van der Waals surface area contributed by atoms with Crippen molar-refractivity contribution in [3.8, 4) is 17.2 Å². The van der Waals surface area contributed by atoms with Crippen LogP contribution in [0, 0.1) is 18.3 Å². The zero-order chi connectivity index (χ0) is 19.7. The average molecular weight is 371 g/mol. The molecule has 28 heavy (non-hydrogen) atoms. The Morgan fingerprint density at radius 1 is 1.14 bits per heavy atom. The first-order chi connectivity index (χ1) is 13.6. The molecule has 5 nitrogen and oxygen atoms in total. The third-order valence-corrected chi connectivity index (χ3v) is 5.32. The molecule has 5 heteroatoms. The van der Waals surface area contributed by atoms with Gasteiger partial charge < -0.3 is 10.0 Å². The maximum Gasteiger partial charge on any atom is 0.340 e. The Labute approximate surface area is 163 Å². The van der Waals surface area contributed by atoms with E-state index in [1.807, 2.05) is 43.3 Å². The summed E-state index contributed by atoms with van der Waals surface area (Å²) in [4.78, 5) is 19.3. The van der Waals surface area contributed by atoms with Crippen molar-refractivity contribution in [3.63, 3.8) is 0 Å². The molecule has 0 atom stereocenters. The molecule has 0 saturated carbocycles. The molecule has 2 aromatic carbocycles. The number of nitriles is 1. The lowest BCUT2D eigenvalue weighted by Crippen LogP contribution is -2.32. The number of aromatic carboxylic acids is 1. The number of carboxylic acid groups (broad SMARTS) is 1. The van der Waals surface area contributed by atoms with Gasteiger partial charge in [-0.05, 0) is 49.4 Å². The van der Waals surface area contributed by atoms with Gasteiger partial charge in [0.05, 0.1) is 17.1 Å². The van der Waals surface area contributed by atoms with E-state index in [4.69, 9.17) is 4.98 Å². The quantitative estimate of drug-likeness (QED) is 0.717. The SMILES string of the molecule is Cc1cc(C#N)cc2c(-c3ccccc3)c(C(=O)O)c(N3CCCCC3)nc12. The third kappa shape index (κ3) is 3.07. The molecular formula is C23H21N3O2. The second kappa shape index (κ2) is 7.32. The van der Waals surface area contributed by atoms with Crippen LogP contribution in [0.3, 0.4) is 0 Å². The smallest absolute Gasteiger partial charge is 0.340 e. The van der Waals surface area contributed by atoms with Crippen LogP contribution in [-0.2, 0) is 0 Å². The first kappa shape index (κ1) is 18.0. The molecule has 0 aliphatic carbocycles. The maximum atomic E-state index is 12.4. The molecule has 140 valence electrons. The Bertz CT molecular complexity index is 1090. The lowest BCUT2D eigenvalue weighted by molar-refractivity contribution is 0.0698. The van der Waals surface area contributed by atoms with Crippen LogP contribution in [0.2, 0.25) is 0 Å². The molecule has 1 N–H and O–H groups in total. The lowest BCUT2D eigenvalue weighted by atomic mass is 9.92. The van der Waals surface area contributed by atoms with Gasteiger partial charge >= 0.3 is 5.97 Å². The highest BCUT2D eigenvalue weighted by molar-refractivity contribution is 6.11. The van der Waals surface area contributed by atoms with Crippen molar-refractivity contribution in [2.75, 3.05) is 18.0 Å². The number of rotatable bonds is 3. The van der Waals surface area contributed by atoms with Crippen LogP contribution in [0.15, 0.2) is 42.5 Å². The number of nitrogens with zero attached hydrogens (tertiary/aromatic N) is 3. The summed E-state index contributed by atoms with van der Waals surface area (Å²) in [5.41, 5.74) is 3.81. The molecule has 1 aliphatic heterocycles. The molecule has 4 rings (SSSR count). The van der Waals surface area contributed by atoms with Crippen molar-refractivity contribution in [3.05, 3.63) is 59.2 Å². The van der Waals surface area contributed by atoms with Gasteiger partial charge in [-0.2, -0.15) is 5.26 Å². The monoisotopic (exact) mass is 371 g/mol. The third-order valence-electron chi connectivity index (χ3n) is 5.32. The van der Waals surface area contributed by atoms with Crippen LogP contribution in [-0.4, -0.2) is 29.1 Å². The lowest BCUT2D eigenvalue weighted by Gasteiger charge is -2.30. The number of carbonyl (C=O) groups is 1. The summed E-state index contributed by atoms with van der Waals surface area (Å²) in [5, 5.41) is 20.3. The number of piperidine rings is 1. The zero-order valence-corrected chi connectivity index (χ0v) is 15.8. The van der Waals surface area contributed by atoms with E-state index in [1.165, 1.54) is 0 Å².